The molecule has 122 valence electrons. The minimum atomic E-state index is 0.206. The highest BCUT2D eigenvalue weighted by atomic mass is 16.5. The third-order valence-electron chi connectivity index (χ3n) is 4.97. The Kier molecular flexibility index (Phi) is 3.83. The summed E-state index contributed by atoms with van der Waals surface area (Å²) in [5.41, 5.74) is 8.24. The van der Waals surface area contributed by atoms with Gasteiger partial charge in [0.05, 0.1) is 18.8 Å². The first-order valence-electron chi connectivity index (χ1n) is 8.33. The highest BCUT2D eigenvalue weighted by molar-refractivity contribution is 5.86. The molecule has 2 aliphatic rings. The van der Waals surface area contributed by atoms with Crippen molar-refractivity contribution < 1.29 is 9.47 Å². The van der Waals surface area contributed by atoms with Gasteiger partial charge in [0.1, 0.15) is 17.6 Å². The Hall–Kier alpha value is -1.85. The van der Waals surface area contributed by atoms with Crippen molar-refractivity contribution in [2.75, 3.05) is 26.7 Å². The number of pyridine rings is 1. The predicted molar refractivity (Wildman–Crippen MR) is 90.1 cm³/mol. The van der Waals surface area contributed by atoms with Crippen LogP contribution in [0.3, 0.4) is 0 Å². The lowest BCUT2D eigenvalue weighted by Gasteiger charge is -2.31. The van der Waals surface area contributed by atoms with Crippen molar-refractivity contribution in [2.45, 2.75) is 31.4 Å². The van der Waals surface area contributed by atoms with Crippen LogP contribution in [-0.4, -0.2) is 48.8 Å². The van der Waals surface area contributed by atoms with Crippen LogP contribution >= 0.6 is 0 Å². The number of nitrogens with two attached hydrogens (primary N) is 1. The van der Waals surface area contributed by atoms with E-state index in [1.54, 1.807) is 7.11 Å². The monoisotopic (exact) mass is 313 g/mol. The number of hydrogen-bond acceptors (Lipinski definition) is 5. The molecule has 0 radical (unpaired) electrons. The van der Waals surface area contributed by atoms with Crippen LogP contribution in [0, 0.1) is 0 Å². The maximum atomic E-state index is 6.14. The van der Waals surface area contributed by atoms with Crippen LogP contribution in [0.1, 0.15) is 18.4 Å². The first kappa shape index (κ1) is 14.7. The smallest absolute Gasteiger partial charge is 0.142 e. The number of likely N-dealkylation sites (tertiary alicyclic amines) is 1. The van der Waals surface area contributed by atoms with E-state index in [1.165, 1.54) is 5.56 Å². The Morgan fingerprint density at radius 1 is 1.35 bits per heavy atom. The minimum absolute atomic E-state index is 0.206. The first-order valence-corrected chi connectivity index (χ1v) is 8.33. The minimum Gasteiger partial charge on any atom is -0.497 e. The van der Waals surface area contributed by atoms with Gasteiger partial charge >= 0.3 is 0 Å². The molecular weight excluding hydrogens is 290 g/mol. The Bertz CT molecular complexity index is 711. The van der Waals surface area contributed by atoms with E-state index in [2.05, 4.69) is 16.0 Å². The highest BCUT2D eigenvalue weighted by Crippen LogP contribution is 2.35. The van der Waals surface area contributed by atoms with E-state index in [-0.39, 0.29) is 6.10 Å². The zero-order valence-corrected chi connectivity index (χ0v) is 13.5. The van der Waals surface area contributed by atoms with Crippen molar-refractivity contribution >= 4 is 10.9 Å². The number of benzene rings is 1. The Labute approximate surface area is 136 Å². The molecule has 0 bridgehead atoms. The van der Waals surface area contributed by atoms with Crippen LogP contribution in [0.15, 0.2) is 24.4 Å². The lowest BCUT2D eigenvalue weighted by atomic mass is 10.0. The van der Waals surface area contributed by atoms with Crippen LogP contribution in [0.4, 0.5) is 0 Å². The zero-order valence-electron chi connectivity index (χ0n) is 13.5. The van der Waals surface area contributed by atoms with Crippen LogP contribution < -0.4 is 15.2 Å². The largest absolute Gasteiger partial charge is 0.497 e. The molecule has 3 heterocycles. The molecule has 23 heavy (non-hydrogen) atoms. The van der Waals surface area contributed by atoms with Crippen LogP contribution in [0.2, 0.25) is 0 Å². The Morgan fingerprint density at radius 3 is 2.96 bits per heavy atom. The lowest BCUT2D eigenvalue weighted by Crippen LogP contribution is -2.43. The lowest BCUT2D eigenvalue weighted by molar-refractivity contribution is 0.128. The molecule has 1 aromatic heterocycles. The van der Waals surface area contributed by atoms with Crippen LogP contribution in [0.5, 0.6) is 11.5 Å². The molecule has 2 aliphatic heterocycles. The van der Waals surface area contributed by atoms with Crippen LogP contribution in [-0.2, 0) is 6.42 Å². The van der Waals surface area contributed by atoms with Gasteiger partial charge in [0.25, 0.3) is 0 Å². The van der Waals surface area contributed by atoms with Gasteiger partial charge in [-0.1, -0.05) is 0 Å². The van der Waals surface area contributed by atoms with Gasteiger partial charge in [0.2, 0.25) is 0 Å². The molecule has 1 fully saturated rings. The van der Waals surface area contributed by atoms with Gasteiger partial charge < -0.3 is 15.2 Å². The van der Waals surface area contributed by atoms with Crippen molar-refractivity contribution in [2.24, 2.45) is 5.73 Å². The summed E-state index contributed by atoms with van der Waals surface area (Å²) < 4.78 is 11.5. The molecule has 5 heteroatoms. The summed E-state index contributed by atoms with van der Waals surface area (Å²) >= 11 is 0. The Morgan fingerprint density at radius 2 is 2.17 bits per heavy atom. The molecule has 1 aromatic carbocycles. The molecule has 1 saturated heterocycles. The van der Waals surface area contributed by atoms with Crippen molar-refractivity contribution in [1.29, 1.82) is 0 Å². The van der Waals surface area contributed by atoms with Crippen molar-refractivity contribution in [1.82, 2.24) is 9.88 Å². The van der Waals surface area contributed by atoms with Gasteiger partial charge in [-0.2, -0.15) is 0 Å². The number of rotatable bonds is 3. The van der Waals surface area contributed by atoms with E-state index >= 15 is 0 Å². The van der Waals surface area contributed by atoms with E-state index in [9.17, 15) is 0 Å². The summed E-state index contributed by atoms with van der Waals surface area (Å²) in [6.07, 6.45) is 5.17. The van der Waals surface area contributed by atoms with Crippen molar-refractivity contribution in [3.8, 4) is 11.5 Å². The number of hydrogen-bond donors (Lipinski definition) is 1. The molecule has 1 unspecified atom stereocenters. The molecule has 0 aliphatic carbocycles. The molecule has 0 saturated carbocycles. The molecule has 5 nitrogen and oxygen atoms in total. The third-order valence-corrected chi connectivity index (χ3v) is 4.97. The van der Waals surface area contributed by atoms with Crippen molar-refractivity contribution in [3.63, 3.8) is 0 Å². The summed E-state index contributed by atoms with van der Waals surface area (Å²) in [6, 6.07) is 6.39. The van der Waals surface area contributed by atoms with Crippen LogP contribution in [0.25, 0.3) is 10.9 Å². The zero-order chi connectivity index (χ0) is 15.8. The summed E-state index contributed by atoms with van der Waals surface area (Å²) in [5, 5.41) is 1.14. The molecule has 2 aromatic rings. The number of fused-ring (bicyclic) bond motifs is 3. The number of methoxy groups -OCH3 is 1. The molecule has 1 atom stereocenters. The maximum absolute atomic E-state index is 6.14. The quantitative estimate of drug-likeness (QED) is 0.939. The SMILES string of the molecule is COc1ccc2ncc3c(c2c1)CC(CN1CCC(N)CC1)O3. The maximum Gasteiger partial charge on any atom is 0.142 e. The van der Waals surface area contributed by atoms with Gasteiger partial charge in [-0.15, -0.1) is 0 Å². The van der Waals surface area contributed by atoms with E-state index in [0.29, 0.717) is 6.04 Å². The second-order valence-corrected chi connectivity index (χ2v) is 6.57. The summed E-state index contributed by atoms with van der Waals surface area (Å²) in [5.74, 6) is 1.78. The van der Waals surface area contributed by atoms with Gasteiger partial charge in [-0.05, 0) is 44.1 Å². The Balaban J connectivity index is 1.53. The fourth-order valence-electron chi connectivity index (χ4n) is 3.62. The predicted octanol–water partition coefficient (Wildman–Crippen LogP) is 1.97. The first-order chi connectivity index (χ1) is 11.2. The average Bonchev–Trinajstić information content (AvgIpc) is 2.99. The topological polar surface area (TPSA) is 60.6 Å². The van der Waals surface area contributed by atoms with Gasteiger partial charge in [0.15, 0.2) is 0 Å². The highest BCUT2D eigenvalue weighted by Gasteiger charge is 2.28. The fraction of sp³-hybridized carbons (Fsp3) is 0.500. The van der Waals surface area contributed by atoms with E-state index in [4.69, 9.17) is 15.2 Å². The van der Waals surface area contributed by atoms with E-state index < -0.39 is 0 Å². The van der Waals surface area contributed by atoms with Gasteiger partial charge in [0, 0.05) is 30.0 Å². The number of piperidine rings is 1. The average molecular weight is 313 g/mol. The molecular formula is C18H23N3O2. The molecule has 4 rings (SSSR count). The summed E-state index contributed by atoms with van der Waals surface area (Å²) in [7, 11) is 1.69. The second kappa shape index (κ2) is 5.98. The normalized spacial score (nSPS) is 22.1. The fourth-order valence-corrected chi connectivity index (χ4v) is 3.62. The second-order valence-electron chi connectivity index (χ2n) is 6.57. The number of ether oxygens (including phenoxy) is 2. The summed E-state index contributed by atoms with van der Waals surface area (Å²) in [4.78, 5) is 6.98. The number of aromatic nitrogens is 1. The van der Waals surface area contributed by atoms with Crippen molar-refractivity contribution in [3.05, 3.63) is 30.0 Å². The number of nitrogens with zero attached hydrogens (tertiary/aromatic N) is 2. The standard InChI is InChI=1S/C18H23N3O2/c1-22-13-2-3-17-15(8-13)16-9-14(23-18(16)10-20-17)11-21-6-4-12(19)5-7-21/h2-3,8,10,12,14H,4-7,9,11,19H2,1H3. The van der Waals surface area contributed by atoms with Gasteiger partial charge in [-0.3, -0.25) is 9.88 Å². The molecule has 2 N–H and O–H groups in total. The molecule has 0 spiro atoms. The van der Waals surface area contributed by atoms with E-state index in [1.807, 2.05) is 18.3 Å². The third kappa shape index (κ3) is 2.86. The van der Waals surface area contributed by atoms with Gasteiger partial charge in [-0.25, -0.2) is 0 Å². The molecule has 0 amide bonds. The summed E-state index contributed by atoms with van der Waals surface area (Å²) in [6.45, 7) is 3.11. The van der Waals surface area contributed by atoms with E-state index in [0.717, 1.165) is 61.3 Å².